The van der Waals surface area contributed by atoms with Crippen molar-refractivity contribution in [1.82, 2.24) is 20.9 Å². The van der Waals surface area contributed by atoms with Crippen molar-refractivity contribution in [3.63, 3.8) is 0 Å². The third-order valence-electron chi connectivity index (χ3n) is 7.84. The SMILES string of the molecule is CCC(C)C(=O)N(C)C.CCC(C)C(=O)NCCO.CCC(C)C(=O)OCCNC(=O)NCCC[Si](C)(Oc1ccccc1)Oc1ccccc1. The zero-order valence-corrected chi connectivity index (χ0v) is 33.3. The van der Waals surface area contributed by atoms with Crippen molar-refractivity contribution in [2.24, 2.45) is 17.8 Å². The molecular weight excluding hydrogens is 669 g/mol. The molecule has 12 nitrogen and oxygen atoms in total. The van der Waals surface area contributed by atoms with Crippen LogP contribution in [0.15, 0.2) is 60.7 Å². The van der Waals surface area contributed by atoms with E-state index in [1.807, 2.05) is 109 Å². The van der Waals surface area contributed by atoms with Gasteiger partial charge in [-0.25, -0.2) is 4.79 Å². The quantitative estimate of drug-likeness (QED) is 0.0808. The van der Waals surface area contributed by atoms with E-state index < -0.39 is 8.56 Å². The maximum absolute atomic E-state index is 12.0. The summed E-state index contributed by atoms with van der Waals surface area (Å²) in [5, 5.41) is 16.5. The average molecular weight is 733 g/mol. The van der Waals surface area contributed by atoms with Crippen LogP contribution in [0.5, 0.6) is 11.5 Å². The highest BCUT2D eigenvalue weighted by Gasteiger charge is 2.35. The second-order valence-corrected chi connectivity index (χ2v) is 15.8. The standard InChI is InChI=1S/C24H34N2O5Si.C7H15NO2.C7H15NO/c1-4-20(2)23(27)29-18-17-26-24(28)25-16-11-19-32(3,30-21-12-7-5-8-13-21)31-22-14-9-6-10-15-22;1-3-6(2)7(10)8-4-5-9;1-5-6(2)7(9)8(3)4/h5-10,12-15,20H,4,11,16-19H2,1-3H3,(H2,25,26,28);6,9H,3-5H2,1-2H3,(H,8,10);6H,5H2,1-4H3. The van der Waals surface area contributed by atoms with Gasteiger partial charge in [0.1, 0.15) is 18.1 Å². The van der Waals surface area contributed by atoms with Crippen LogP contribution in [0, 0.1) is 17.8 Å². The van der Waals surface area contributed by atoms with Crippen LogP contribution in [-0.2, 0) is 19.1 Å². The zero-order valence-electron chi connectivity index (χ0n) is 32.3. The predicted octanol–water partition coefficient (Wildman–Crippen LogP) is 5.76. The second-order valence-electron chi connectivity index (χ2n) is 12.6. The number of ether oxygens (including phenoxy) is 1. The minimum Gasteiger partial charge on any atom is -0.512 e. The number of aliphatic hydroxyl groups is 1. The molecular formula is C38H64N4O8Si. The predicted molar refractivity (Wildman–Crippen MR) is 205 cm³/mol. The van der Waals surface area contributed by atoms with Crippen molar-refractivity contribution >= 4 is 32.4 Å². The van der Waals surface area contributed by atoms with E-state index in [9.17, 15) is 19.2 Å². The van der Waals surface area contributed by atoms with Crippen LogP contribution in [-0.4, -0.2) is 89.3 Å². The first kappa shape index (κ1) is 46.9. The lowest BCUT2D eigenvalue weighted by Gasteiger charge is -2.28. The highest BCUT2D eigenvalue weighted by molar-refractivity contribution is 6.67. The number of nitrogens with one attached hydrogen (secondary N) is 3. The fourth-order valence-electron chi connectivity index (χ4n) is 4.05. The first-order chi connectivity index (χ1) is 24.2. The summed E-state index contributed by atoms with van der Waals surface area (Å²) in [6.07, 6.45) is 3.21. The summed E-state index contributed by atoms with van der Waals surface area (Å²) in [6.45, 7) is 14.9. The van der Waals surface area contributed by atoms with Gasteiger partial charge in [0.05, 0.1) is 19.1 Å². The summed E-state index contributed by atoms with van der Waals surface area (Å²) in [5.74, 6) is 1.67. The largest absolute Gasteiger partial charge is 0.512 e. The van der Waals surface area contributed by atoms with Crippen LogP contribution in [0.25, 0.3) is 0 Å². The van der Waals surface area contributed by atoms with Gasteiger partial charge < -0.3 is 39.5 Å². The number of amides is 4. The number of carbonyl (C=O) groups excluding carboxylic acids is 4. The third kappa shape index (κ3) is 22.4. The molecule has 0 fully saturated rings. The number of urea groups is 1. The van der Waals surface area contributed by atoms with Crippen LogP contribution in [0.4, 0.5) is 4.79 Å². The second kappa shape index (κ2) is 27.6. The van der Waals surface area contributed by atoms with Crippen molar-refractivity contribution in [2.45, 2.75) is 79.8 Å². The number of esters is 1. The maximum Gasteiger partial charge on any atom is 0.457 e. The molecule has 288 valence electrons. The lowest BCUT2D eigenvalue weighted by Crippen LogP contribution is -2.46. The molecule has 0 radical (unpaired) electrons. The first-order valence-corrected chi connectivity index (χ1v) is 20.5. The minimum atomic E-state index is -2.59. The Morgan fingerprint density at radius 1 is 0.725 bits per heavy atom. The van der Waals surface area contributed by atoms with Gasteiger partial charge in [-0.05, 0) is 49.9 Å². The molecule has 13 heteroatoms. The van der Waals surface area contributed by atoms with Crippen LogP contribution >= 0.6 is 0 Å². The van der Waals surface area contributed by atoms with E-state index in [1.165, 1.54) is 0 Å². The lowest BCUT2D eigenvalue weighted by molar-refractivity contribution is -0.147. The number of nitrogens with zero attached hydrogens (tertiary/aromatic N) is 1. The van der Waals surface area contributed by atoms with Gasteiger partial charge in [0.25, 0.3) is 0 Å². The molecule has 0 aliphatic heterocycles. The topological polar surface area (TPSA) is 156 Å². The van der Waals surface area contributed by atoms with Crippen molar-refractivity contribution in [3.8, 4) is 11.5 Å². The Balaban J connectivity index is 0.00000107. The van der Waals surface area contributed by atoms with Gasteiger partial charge in [0, 0.05) is 51.6 Å². The van der Waals surface area contributed by atoms with Gasteiger partial charge in [-0.15, -0.1) is 0 Å². The number of para-hydroxylation sites is 2. The Morgan fingerprint density at radius 3 is 1.65 bits per heavy atom. The molecule has 0 aromatic heterocycles. The molecule has 3 atom stereocenters. The van der Waals surface area contributed by atoms with Crippen LogP contribution in [0.1, 0.15) is 67.2 Å². The molecule has 4 amide bonds. The molecule has 51 heavy (non-hydrogen) atoms. The van der Waals surface area contributed by atoms with Crippen LogP contribution in [0.2, 0.25) is 12.6 Å². The Hall–Kier alpha value is -4.10. The molecule has 4 N–H and O–H groups in total. The molecule has 2 aromatic carbocycles. The van der Waals surface area contributed by atoms with Crippen molar-refractivity contribution in [3.05, 3.63) is 60.7 Å². The van der Waals surface area contributed by atoms with Gasteiger partial charge >= 0.3 is 20.6 Å². The third-order valence-corrected chi connectivity index (χ3v) is 10.4. The van der Waals surface area contributed by atoms with E-state index in [-0.39, 0.29) is 61.3 Å². The first-order valence-electron chi connectivity index (χ1n) is 18.0. The molecule has 0 bridgehead atoms. The highest BCUT2D eigenvalue weighted by atomic mass is 28.4. The van der Waals surface area contributed by atoms with Crippen molar-refractivity contribution in [2.75, 3.05) is 46.9 Å². The van der Waals surface area contributed by atoms with E-state index in [4.69, 9.17) is 18.7 Å². The molecule has 0 aliphatic rings. The van der Waals surface area contributed by atoms with Gasteiger partial charge in [-0.2, -0.15) is 0 Å². The Kier molecular flexibility index (Phi) is 25.4. The number of hydrogen-bond donors (Lipinski definition) is 4. The molecule has 0 saturated carbocycles. The Morgan fingerprint density at radius 2 is 1.22 bits per heavy atom. The van der Waals surface area contributed by atoms with Gasteiger partial charge in [-0.3, -0.25) is 14.4 Å². The molecule has 2 aromatic rings. The van der Waals surface area contributed by atoms with E-state index >= 15 is 0 Å². The van der Waals surface area contributed by atoms with E-state index in [1.54, 1.807) is 19.0 Å². The summed E-state index contributed by atoms with van der Waals surface area (Å²) in [5.41, 5.74) is 0. The summed E-state index contributed by atoms with van der Waals surface area (Å²) >= 11 is 0. The number of rotatable bonds is 19. The Bertz CT molecular complexity index is 1200. The number of benzene rings is 2. The molecule has 3 unspecified atom stereocenters. The smallest absolute Gasteiger partial charge is 0.457 e. The number of aliphatic hydroxyl groups excluding tert-OH is 1. The van der Waals surface area contributed by atoms with Crippen molar-refractivity contribution < 1.29 is 37.9 Å². The summed E-state index contributed by atoms with van der Waals surface area (Å²) in [4.78, 5) is 47.1. The summed E-state index contributed by atoms with van der Waals surface area (Å²) in [6, 6.07) is 19.7. The summed E-state index contributed by atoms with van der Waals surface area (Å²) in [7, 11) is 0.982. The van der Waals surface area contributed by atoms with Crippen molar-refractivity contribution in [1.29, 1.82) is 0 Å². The highest BCUT2D eigenvalue weighted by Crippen LogP contribution is 2.24. The Labute approximate surface area is 307 Å². The zero-order chi connectivity index (χ0) is 38.7. The molecule has 0 spiro atoms. The molecule has 0 heterocycles. The van der Waals surface area contributed by atoms with Crippen LogP contribution < -0.4 is 24.8 Å². The van der Waals surface area contributed by atoms with E-state index in [0.29, 0.717) is 25.6 Å². The fraction of sp³-hybridized carbons (Fsp3) is 0.579. The van der Waals surface area contributed by atoms with Gasteiger partial charge in [0.2, 0.25) is 11.8 Å². The lowest BCUT2D eigenvalue weighted by atomic mass is 10.1. The monoisotopic (exact) mass is 732 g/mol. The minimum absolute atomic E-state index is 0.0160. The molecule has 2 rings (SSSR count). The van der Waals surface area contributed by atoms with Gasteiger partial charge in [0.15, 0.2) is 0 Å². The number of hydrogen-bond acceptors (Lipinski definition) is 8. The average Bonchev–Trinajstić information content (AvgIpc) is 3.13. The van der Waals surface area contributed by atoms with E-state index in [0.717, 1.165) is 30.8 Å². The summed E-state index contributed by atoms with van der Waals surface area (Å²) < 4.78 is 17.7. The van der Waals surface area contributed by atoms with E-state index in [2.05, 4.69) is 16.0 Å². The van der Waals surface area contributed by atoms with Crippen LogP contribution in [0.3, 0.4) is 0 Å². The van der Waals surface area contributed by atoms with Gasteiger partial charge in [-0.1, -0.05) is 77.9 Å². The molecule has 0 saturated heterocycles. The number of carbonyl (C=O) groups is 4. The normalized spacial score (nSPS) is 12.2. The fourth-order valence-corrected chi connectivity index (χ4v) is 6.39. The maximum atomic E-state index is 12.0. The molecule has 0 aliphatic carbocycles.